The first-order valence-corrected chi connectivity index (χ1v) is 11.2. The highest BCUT2D eigenvalue weighted by atomic mass is 35.8. The van der Waals surface area contributed by atoms with E-state index in [1.165, 1.54) is 6.55 Å². The molecule has 0 aromatic carbocycles. The van der Waals surface area contributed by atoms with Crippen LogP contribution in [-0.4, -0.2) is 13.2 Å². The van der Waals surface area contributed by atoms with Crippen LogP contribution in [0.3, 0.4) is 0 Å². The minimum absolute atomic E-state index is 1.52. The third kappa shape index (κ3) is 9.84. The summed E-state index contributed by atoms with van der Waals surface area (Å²) in [5, 5.41) is 0. The molecular formula is CH3Cl5OSi2. The van der Waals surface area contributed by atoms with Crippen LogP contribution in [0, 0.1) is 0 Å². The second-order valence-electron chi connectivity index (χ2n) is 1.36. The maximum Gasteiger partial charge on any atom is 0.485 e. The summed E-state index contributed by atoms with van der Waals surface area (Å²) in [6.07, 6.45) is -3.08. The number of halogens is 5. The highest BCUT2D eigenvalue weighted by Gasteiger charge is 2.38. The first-order chi connectivity index (χ1) is 3.71. The minimum atomic E-state index is -3.08. The largest absolute Gasteiger partial charge is 0.485 e. The fraction of sp³-hybridized carbons (Fsp3) is 1.00. The molecule has 0 aliphatic rings. The van der Waals surface area contributed by atoms with E-state index in [1.54, 1.807) is 0 Å². The summed E-state index contributed by atoms with van der Waals surface area (Å²) in [4.78, 5) is 0. The van der Waals surface area contributed by atoms with Crippen molar-refractivity contribution in [1.29, 1.82) is 0 Å². The van der Waals surface area contributed by atoms with Crippen LogP contribution in [0.5, 0.6) is 0 Å². The van der Waals surface area contributed by atoms with Gasteiger partial charge in [0.2, 0.25) is 0 Å². The second kappa shape index (κ2) is 3.49. The summed E-state index contributed by atoms with van der Waals surface area (Å²) in [5.74, 6) is 0. The molecule has 0 aliphatic heterocycles. The topological polar surface area (TPSA) is 9.23 Å². The Morgan fingerprint density at radius 1 is 1.00 bits per heavy atom. The van der Waals surface area contributed by atoms with Gasteiger partial charge in [-0.2, -0.15) is 0 Å². The average Bonchev–Trinajstić information content (AvgIpc) is 1.14. The fourth-order valence-electron chi connectivity index (χ4n) is 0.203. The van der Waals surface area contributed by atoms with Gasteiger partial charge >= 0.3 is 13.2 Å². The molecule has 9 heavy (non-hydrogen) atoms. The van der Waals surface area contributed by atoms with E-state index in [9.17, 15) is 0 Å². The second-order valence-corrected chi connectivity index (χ2v) is 16.1. The van der Waals surface area contributed by atoms with Gasteiger partial charge in [-0.3, -0.25) is 0 Å². The molecule has 0 N–H and O–H groups in total. The van der Waals surface area contributed by atoms with Crippen LogP contribution >= 0.6 is 55.4 Å². The summed E-state index contributed by atoms with van der Waals surface area (Å²) in [6, 6.07) is 0. The van der Waals surface area contributed by atoms with Crippen LogP contribution in [0.15, 0.2) is 0 Å². The molecule has 0 bridgehead atoms. The molecule has 0 saturated heterocycles. The summed E-state index contributed by atoms with van der Waals surface area (Å²) >= 11 is 27.0. The smallest absolute Gasteiger partial charge is 0.399 e. The zero-order valence-electron chi connectivity index (χ0n) is 4.30. The van der Waals surface area contributed by atoms with Gasteiger partial charge in [0.1, 0.15) is 0 Å². The van der Waals surface area contributed by atoms with E-state index in [0.717, 1.165) is 0 Å². The van der Waals surface area contributed by atoms with Gasteiger partial charge in [-0.1, -0.05) is 33.2 Å². The molecule has 0 heterocycles. The van der Waals surface area contributed by atoms with Crippen molar-refractivity contribution in [3.8, 4) is 0 Å². The van der Waals surface area contributed by atoms with Gasteiger partial charge in [0.05, 0.1) is 0 Å². The Hall–Kier alpha value is 1.84. The maximum atomic E-state index is 5.48. The van der Waals surface area contributed by atoms with Gasteiger partial charge in [-0.05, 0) is 6.55 Å². The van der Waals surface area contributed by atoms with Gasteiger partial charge in [0, 0.05) is 0 Å². The quantitative estimate of drug-likeness (QED) is 0.550. The standard InChI is InChI=1S/CH3Cl5OSi2/c1-8(2,3)7-9(4,5)6/h1H3. The van der Waals surface area contributed by atoms with E-state index in [1.807, 2.05) is 0 Å². The van der Waals surface area contributed by atoms with Crippen LogP contribution < -0.4 is 0 Å². The molecule has 0 spiro atoms. The third-order valence-corrected chi connectivity index (χ3v) is 6.13. The van der Waals surface area contributed by atoms with Crippen molar-refractivity contribution in [3.05, 3.63) is 0 Å². The van der Waals surface area contributed by atoms with Crippen molar-refractivity contribution in [1.82, 2.24) is 0 Å². The number of rotatable bonds is 2. The highest BCUT2D eigenvalue weighted by Crippen LogP contribution is 2.29. The van der Waals surface area contributed by atoms with E-state index in [0.29, 0.717) is 0 Å². The van der Waals surface area contributed by atoms with E-state index in [-0.39, 0.29) is 0 Å². The molecule has 1 nitrogen and oxygen atoms in total. The van der Waals surface area contributed by atoms with Crippen LogP contribution in [0.2, 0.25) is 6.55 Å². The van der Waals surface area contributed by atoms with Crippen molar-refractivity contribution >= 4 is 68.6 Å². The zero-order valence-corrected chi connectivity index (χ0v) is 10.1. The lowest BCUT2D eigenvalue weighted by Crippen LogP contribution is -2.31. The third-order valence-electron chi connectivity index (χ3n) is 0.295. The lowest BCUT2D eigenvalue weighted by atomic mass is 11.9. The molecule has 0 atom stereocenters. The predicted octanol–water partition coefficient (Wildman–Crippen LogP) is 3.20. The van der Waals surface area contributed by atoms with E-state index >= 15 is 0 Å². The predicted molar refractivity (Wildman–Crippen MR) is 47.7 cm³/mol. The lowest BCUT2D eigenvalue weighted by Gasteiger charge is -2.16. The summed E-state index contributed by atoms with van der Waals surface area (Å²) < 4.78 is 4.73. The van der Waals surface area contributed by atoms with Crippen molar-refractivity contribution in [2.75, 3.05) is 0 Å². The van der Waals surface area contributed by atoms with Gasteiger partial charge in [-0.25, -0.2) is 0 Å². The van der Waals surface area contributed by atoms with Crippen LogP contribution in [0.25, 0.3) is 0 Å². The van der Waals surface area contributed by atoms with Crippen LogP contribution in [-0.2, 0) is 4.12 Å². The minimum Gasteiger partial charge on any atom is -0.399 e. The lowest BCUT2D eigenvalue weighted by molar-refractivity contribution is 0.631. The number of hydrogen-bond donors (Lipinski definition) is 0. The molecular weight excluding hydrogens is 261 g/mol. The monoisotopic (exact) mass is 262 g/mol. The Labute approximate surface area is 78.9 Å². The highest BCUT2D eigenvalue weighted by molar-refractivity contribution is 7.64. The first-order valence-electron chi connectivity index (χ1n) is 1.85. The van der Waals surface area contributed by atoms with E-state index in [4.69, 9.17) is 59.5 Å². The molecule has 56 valence electrons. The normalized spacial score (nSPS) is 14.0. The SMILES string of the molecule is C[Si](Cl)(Cl)O[Si](Cl)(Cl)Cl. The summed E-state index contributed by atoms with van der Waals surface area (Å²) in [5.41, 5.74) is 0. The zero-order chi connectivity index (χ0) is 7.71. The van der Waals surface area contributed by atoms with Gasteiger partial charge in [-0.15, -0.1) is 22.2 Å². The molecule has 0 radical (unpaired) electrons. The van der Waals surface area contributed by atoms with Gasteiger partial charge in [0.15, 0.2) is 0 Å². The molecule has 0 unspecified atom stereocenters. The average molecular weight is 264 g/mol. The Morgan fingerprint density at radius 3 is 1.33 bits per heavy atom. The molecule has 0 fully saturated rings. The summed E-state index contributed by atoms with van der Waals surface area (Å²) in [7, 11) is 0. The fourth-order valence-corrected chi connectivity index (χ4v) is 10.2. The molecule has 0 amide bonds. The van der Waals surface area contributed by atoms with Crippen molar-refractivity contribution < 1.29 is 4.12 Å². The summed E-state index contributed by atoms with van der Waals surface area (Å²) in [6.45, 7) is -1.16. The molecule has 0 aliphatic carbocycles. The Balaban J connectivity index is 3.75. The molecule has 0 aromatic heterocycles. The molecule has 0 saturated carbocycles. The van der Waals surface area contributed by atoms with Crippen molar-refractivity contribution in [2.45, 2.75) is 6.55 Å². The maximum absolute atomic E-state index is 5.48. The van der Waals surface area contributed by atoms with Crippen LogP contribution in [0.4, 0.5) is 0 Å². The van der Waals surface area contributed by atoms with Crippen molar-refractivity contribution in [3.63, 3.8) is 0 Å². The first kappa shape index (κ1) is 10.8. The van der Waals surface area contributed by atoms with Gasteiger partial charge in [0.25, 0.3) is 0 Å². The van der Waals surface area contributed by atoms with Crippen LogP contribution in [0.1, 0.15) is 0 Å². The molecule has 8 heteroatoms. The molecule has 0 rings (SSSR count). The van der Waals surface area contributed by atoms with E-state index < -0.39 is 13.2 Å². The molecule has 0 aromatic rings. The number of hydrogen-bond acceptors (Lipinski definition) is 1. The van der Waals surface area contributed by atoms with E-state index in [2.05, 4.69) is 0 Å². The Kier molecular flexibility index (Phi) is 4.21. The van der Waals surface area contributed by atoms with Crippen molar-refractivity contribution in [2.24, 2.45) is 0 Å². The van der Waals surface area contributed by atoms with Gasteiger partial charge < -0.3 is 4.12 Å². The Morgan fingerprint density at radius 2 is 1.33 bits per heavy atom. The Bertz CT molecular complexity index is 80.1.